The predicted octanol–water partition coefficient (Wildman–Crippen LogP) is 3.17. The Bertz CT molecular complexity index is 520. The Hall–Kier alpha value is -0.170. The second-order valence-electron chi connectivity index (χ2n) is 5.12. The van der Waals surface area contributed by atoms with Gasteiger partial charge in [-0.3, -0.25) is 4.98 Å². The van der Waals surface area contributed by atoms with E-state index in [2.05, 4.69) is 25.6 Å². The van der Waals surface area contributed by atoms with Crippen LogP contribution in [0.25, 0.3) is 0 Å². The topological polar surface area (TPSA) is 59.1 Å². The van der Waals surface area contributed by atoms with Crippen LogP contribution < -0.4 is 4.72 Å². The molecule has 0 aliphatic heterocycles. The third kappa shape index (κ3) is 5.77. The molecule has 0 radical (unpaired) electrons. The average molecular weight is 370 g/mol. The van der Waals surface area contributed by atoms with Gasteiger partial charge in [-0.25, -0.2) is 13.1 Å². The van der Waals surface area contributed by atoms with Gasteiger partial charge in [0.05, 0.1) is 0 Å². The first-order valence-electron chi connectivity index (χ1n) is 5.93. The highest BCUT2D eigenvalue weighted by molar-refractivity contribution is 9.10. The fraction of sp³-hybridized carbons (Fsp3) is 0.583. The van der Waals surface area contributed by atoms with E-state index in [1.54, 1.807) is 6.20 Å². The molecule has 108 valence electrons. The van der Waals surface area contributed by atoms with Crippen molar-refractivity contribution in [2.24, 2.45) is 5.41 Å². The quantitative estimate of drug-likeness (QED) is 0.751. The Morgan fingerprint density at radius 1 is 1.42 bits per heavy atom. The van der Waals surface area contributed by atoms with Gasteiger partial charge in [0.2, 0.25) is 10.0 Å². The predicted molar refractivity (Wildman–Crippen MR) is 80.9 cm³/mol. The van der Waals surface area contributed by atoms with Gasteiger partial charge in [0.1, 0.15) is 4.90 Å². The first kappa shape index (κ1) is 16.9. The zero-order chi connectivity index (χ0) is 14.5. The fourth-order valence-corrected chi connectivity index (χ4v) is 3.43. The molecule has 0 amide bonds. The van der Waals surface area contributed by atoms with E-state index in [-0.39, 0.29) is 10.3 Å². The van der Waals surface area contributed by atoms with Gasteiger partial charge in [-0.15, -0.1) is 11.6 Å². The number of alkyl halides is 1. The first-order valence-corrected chi connectivity index (χ1v) is 8.74. The summed E-state index contributed by atoms with van der Waals surface area (Å²) in [4.78, 5) is 4.02. The van der Waals surface area contributed by atoms with Crippen molar-refractivity contribution in [2.45, 2.75) is 31.6 Å². The average Bonchev–Trinajstić information content (AvgIpc) is 2.34. The van der Waals surface area contributed by atoms with Gasteiger partial charge in [-0.1, -0.05) is 13.8 Å². The molecule has 1 rings (SSSR count). The molecular formula is C12H18BrClN2O2S. The van der Waals surface area contributed by atoms with Crippen molar-refractivity contribution >= 4 is 37.6 Å². The number of hydrogen-bond acceptors (Lipinski definition) is 3. The second-order valence-corrected chi connectivity index (χ2v) is 8.18. The van der Waals surface area contributed by atoms with Crippen LogP contribution in [0.15, 0.2) is 27.8 Å². The van der Waals surface area contributed by atoms with E-state index in [4.69, 9.17) is 11.6 Å². The Balaban J connectivity index is 2.71. The van der Waals surface area contributed by atoms with Crippen LogP contribution in [0.5, 0.6) is 0 Å². The van der Waals surface area contributed by atoms with Crippen LogP contribution in [0.4, 0.5) is 0 Å². The second kappa shape index (κ2) is 7.02. The molecule has 0 saturated heterocycles. The molecule has 0 aromatic carbocycles. The standard InChI is InChI=1S/C12H18BrClN2O2S/c1-12(2,4-3-5-14)9-16-19(17,18)11-6-10(13)7-15-8-11/h6-8,16H,3-5,9H2,1-2H3. The summed E-state index contributed by atoms with van der Waals surface area (Å²) < 4.78 is 27.5. The minimum atomic E-state index is -3.52. The number of halogens is 2. The lowest BCUT2D eigenvalue weighted by Crippen LogP contribution is -2.34. The molecular weight excluding hydrogens is 352 g/mol. The van der Waals surface area contributed by atoms with E-state index >= 15 is 0 Å². The number of aromatic nitrogens is 1. The zero-order valence-corrected chi connectivity index (χ0v) is 14.1. The van der Waals surface area contributed by atoms with Crippen LogP contribution in [0.3, 0.4) is 0 Å². The van der Waals surface area contributed by atoms with E-state index in [1.807, 2.05) is 13.8 Å². The van der Waals surface area contributed by atoms with Crippen molar-refractivity contribution in [1.82, 2.24) is 9.71 Å². The number of nitrogens with zero attached hydrogens (tertiary/aromatic N) is 1. The molecule has 1 aromatic heterocycles. The molecule has 4 nitrogen and oxygen atoms in total. The van der Waals surface area contributed by atoms with Gasteiger partial charge in [0.15, 0.2) is 0 Å². The molecule has 1 aromatic rings. The monoisotopic (exact) mass is 368 g/mol. The van der Waals surface area contributed by atoms with Gasteiger partial charge >= 0.3 is 0 Å². The number of nitrogens with one attached hydrogen (secondary N) is 1. The maximum atomic E-state index is 12.1. The minimum absolute atomic E-state index is 0.124. The van der Waals surface area contributed by atoms with E-state index in [0.29, 0.717) is 16.9 Å². The summed E-state index contributed by atoms with van der Waals surface area (Å²) in [6.45, 7) is 4.40. The summed E-state index contributed by atoms with van der Waals surface area (Å²) in [5.74, 6) is 0.589. The molecule has 0 saturated carbocycles. The van der Waals surface area contributed by atoms with Crippen molar-refractivity contribution in [3.05, 3.63) is 22.9 Å². The molecule has 0 spiro atoms. The fourth-order valence-electron chi connectivity index (χ4n) is 1.55. The highest BCUT2D eigenvalue weighted by Gasteiger charge is 2.22. The van der Waals surface area contributed by atoms with Crippen LogP contribution in [0, 0.1) is 5.41 Å². The summed E-state index contributed by atoms with van der Waals surface area (Å²) in [5.41, 5.74) is -0.124. The third-order valence-electron chi connectivity index (χ3n) is 2.72. The van der Waals surface area contributed by atoms with Crippen LogP contribution in [0.1, 0.15) is 26.7 Å². The summed E-state index contributed by atoms with van der Waals surface area (Å²) in [6.07, 6.45) is 4.62. The summed E-state index contributed by atoms with van der Waals surface area (Å²) in [7, 11) is -3.52. The Morgan fingerprint density at radius 3 is 2.68 bits per heavy atom. The lowest BCUT2D eigenvalue weighted by molar-refractivity contribution is 0.331. The van der Waals surface area contributed by atoms with Crippen molar-refractivity contribution < 1.29 is 8.42 Å². The van der Waals surface area contributed by atoms with Crippen molar-refractivity contribution in [3.8, 4) is 0 Å². The van der Waals surface area contributed by atoms with Gasteiger partial charge in [0, 0.05) is 29.3 Å². The number of hydrogen-bond donors (Lipinski definition) is 1. The van der Waals surface area contributed by atoms with Crippen molar-refractivity contribution in [2.75, 3.05) is 12.4 Å². The van der Waals surface area contributed by atoms with Gasteiger partial charge < -0.3 is 0 Å². The summed E-state index contributed by atoms with van der Waals surface area (Å²) >= 11 is 8.87. The summed E-state index contributed by atoms with van der Waals surface area (Å²) in [5, 5.41) is 0. The molecule has 7 heteroatoms. The van der Waals surface area contributed by atoms with Crippen LogP contribution >= 0.6 is 27.5 Å². The summed E-state index contributed by atoms with van der Waals surface area (Å²) in [6, 6.07) is 1.53. The van der Waals surface area contributed by atoms with Crippen LogP contribution in [-0.2, 0) is 10.0 Å². The molecule has 0 bridgehead atoms. The molecule has 0 aliphatic carbocycles. The van der Waals surface area contributed by atoms with Gasteiger partial charge in [-0.05, 0) is 40.3 Å². The smallest absolute Gasteiger partial charge is 0.242 e. The molecule has 0 aliphatic rings. The Morgan fingerprint density at radius 2 is 2.11 bits per heavy atom. The largest absolute Gasteiger partial charge is 0.262 e. The highest BCUT2D eigenvalue weighted by Crippen LogP contribution is 2.22. The highest BCUT2D eigenvalue weighted by atomic mass is 79.9. The minimum Gasteiger partial charge on any atom is -0.262 e. The van der Waals surface area contributed by atoms with E-state index in [0.717, 1.165) is 12.8 Å². The van der Waals surface area contributed by atoms with Crippen LogP contribution in [-0.4, -0.2) is 25.8 Å². The molecule has 0 fully saturated rings. The Labute approximate surface area is 128 Å². The van der Waals surface area contributed by atoms with E-state index in [9.17, 15) is 8.42 Å². The Kier molecular flexibility index (Phi) is 6.23. The molecule has 0 atom stereocenters. The zero-order valence-electron chi connectivity index (χ0n) is 11.0. The van der Waals surface area contributed by atoms with E-state index in [1.165, 1.54) is 12.3 Å². The first-order chi connectivity index (χ1) is 8.77. The number of sulfonamides is 1. The normalized spacial score (nSPS) is 12.6. The van der Waals surface area contributed by atoms with Gasteiger partial charge in [-0.2, -0.15) is 0 Å². The van der Waals surface area contributed by atoms with Gasteiger partial charge in [0.25, 0.3) is 0 Å². The molecule has 0 unspecified atom stereocenters. The van der Waals surface area contributed by atoms with E-state index < -0.39 is 10.0 Å². The van der Waals surface area contributed by atoms with Crippen LogP contribution in [0.2, 0.25) is 0 Å². The molecule has 19 heavy (non-hydrogen) atoms. The SMILES string of the molecule is CC(C)(CCCCl)CNS(=O)(=O)c1cncc(Br)c1. The molecule has 1 N–H and O–H groups in total. The lowest BCUT2D eigenvalue weighted by Gasteiger charge is -2.24. The third-order valence-corrected chi connectivity index (χ3v) is 4.79. The number of pyridine rings is 1. The maximum Gasteiger partial charge on any atom is 0.242 e. The van der Waals surface area contributed by atoms with Crippen molar-refractivity contribution in [1.29, 1.82) is 0 Å². The number of rotatable bonds is 7. The molecule has 1 heterocycles. The lowest BCUT2D eigenvalue weighted by atomic mass is 9.88. The maximum absolute atomic E-state index is 12.1. The van der Waals surface area contributed by atoms with Crippen molar-refractivity contribution in [3.63, 3.8) is 0 Å².